The van der Waals surface area contributed by atoms with Crippen molar-refractivity contribution in [1.82, 2.24) is 39.2 Å². The quantitative estimate of drug-likeness (QED) is 0.124. The minimum absolute atomic E-state index is 0. The van der Waals surface area contributed by atoms with Crippen LogP contribution in [0.5, 0.6) is 0 Å². The van der Waals surface area contributed by atoms with Gasteiger partial charge in [-0.05, 0) is 0 Å². The molecule has 0 fully saturated rings. The SMILES string of the molecule is CN(C)C=O.CN(C)C=O.CN(C)C=O.CN(C)C=O.CN(C)C=O.CN(C)C=O.CN(C)C=O.CN(C)C=O.O=P([O-])([O-])[O-].[Eu+3].[Mo].[Mo].[Mo].[Mo].[Mo].[Mo].[Mo].[Mo].[Mo].[Mo].[Mo].[Mo].[O-2].[O-2].[O-2].[O-2].[O-2].[O-2].[O-2].[O-2].[O-2].[O-2].[O-2].[O-2].[O-2].[O-2].[O-2].[O-2].[O-2].[O-2].[O-2].[O-2].[O-2].[O-2].[O-2].[O-2].[O-2].[O-2].[O-2].[O-2].[O-2].[O-2].[O-2].[O-2].[O-2].[O-2].[O-2].[O-2]. The second-order valence-electron chi connectivity index (χ2n) is 9.00. The number of rotatable bonds is 8. The summed E-state index contributed by atoms with van der Waals surface area (Å²) in [6.45, 7) is 0. The van der Waals surface area contributed by atoms with E-state index in [2.05, 4.69) is 0 Å². The van der Waals surface area contributed by atoms with E-state index in [0.29, 0.717) is 0 Å². The number of hydrogen-bond donors (Lipinski definition) is 0. The van der Waals surface area contributed by atoms with Crippen molar-refractivity contribution in [2.24, 2.45) is 0 Å². The molecule has 0 heterocycles. The summed E-state index contributed by atoms with van der Waals surface area (Å²) in [5.41, 5.74) is 0. The van der Waals surface area contributed by atoms with Gasteiger partial charge in [-0.15, -0.1) is 0 Å². The van der Waals surface area contributed by atoms with Crippen LogP contribution in [0.2, 0.25) is 0 Å². The van der Waals surface area contributed by atoms with Gasteiger partial charge in [0.2, 0.25) is 51.3 Å². The fraction of sp³-hybridized carbons (Fsp3) is 0.667. The fourth-order valence-corrected chi connectivity index (χ4v) is 0. The molecule has 94 heavy (non-hydrogen) atoms. The molecule has 0 spiro atoms. The van der Waals surface area contributed by atoms with E-state index in [-0.39, 0.29) is 499 Å². The van der Waals surface area contributed by atoms with Crippen LogP contribution in [0.4, 0.5) is 0 Å². The van der Waals surface area contributed by atoms with Crippen molar-refractivity contribution in [3.63, 3.8) is 0 Å². The predicted molar refractivity (Wildman–Crippen MR) is 190 cm³/mol. The van der Waals surface area contributed by atoms with E-state index in [1.54, 1.807) is 113 Å². The molecule has 0 rings (SSSR count). The van der Waals surface area contributed by atoms with Crippen molar-refractivity contribution >= 4 is 59.1 Å². The Morgan fingerprint density at radius 2 is 0.181 bits per heavy atom. The van der Waals surface area contributed by atoms with Crippen molar-refractivity contribution in [2.45, 2.75) is 0 Å². The minimum Gasteiger partial charge on any atom is -2.00 e. The molecule has 0 saturated carbocycles. The van der Waals surface area contributed by atoms with E-state index in [1.165, 1.54) is 39.2 Å². The van der Waals surface area contributed by atoms with Gasteiger partial charge in [-0.2, -0.15) is 7.82 Å². The molecule has 0 bridgehead atoms. The van der Waals surface area contributed by atoms with Gasteiger partial charge < -0.3 is 256 Å². The molecule has 0 atom stereocenters. The molecule has 0 saturated heterocycles. The van der Waals surface area contributed by atoms with Crippen LogP contribution in [0, 0.1) is 49.4 Å². The number of carbonyl (C=O) groups excluding carboxylic acids is 8. The maximum atomic E-state index is 9.43. The molecule has 70 heteroatoms. The summed E-state index contributed by atoms with van der Waals surface area (Å²) < 4.78 is 8.55. The Kier molecular flexibility index (Phi) is 3080. The third-order valence-electron chi connectivity index (χ3n) is 1.69. The van der Waals surface area contributed by atoms with Gasteiger partial charge in [0.25, 0.3) is 0 Å². The van der Waals surface area contributed by atoms with Gasteiger partial charge >= 0.3 is 49.4 Å². The van der Waals surface area contributed by atoms with Crippen molar-refractivity contribution < 1.29 is 557 Å². The monoisotopic (exact) mass is 2580 g/mol. The number of carbonyl (C=O) groups is 8. The second kappa shape index (κ2) is 505. The van der Waals surface area contributed by atoms with E-state index in [4.69, 9.17) is 19.2 Å². The summed E-state index contributed by atoms with van der Waals surface area (Å²) in [4.78, 5) is 113. The first-order chi connectivity index (χ1) is 20.2. The number of hydrogen-bond acceptors (Lipinski definition) is 12. The van der Waals surface area contributed by atoms with E-state index in [1.807, 2.05) is 0 Å². The van der Waals surface area contributed by atoms with Gasteiger partial charge in [0.15, 0.2) is 0 Å². The van der Waals surface area contributed by atoms with Crippen LogP contribution in [-0.4, -0.2) is 203 Å². The maximum Gasteiger partial charge on any atom is 3.00 e. The zero-order chi connectivity index (χ0) is 38.8. The van der Waals surface area contributed by atoms with E-state index < -0.39 is 7.82 Å². The number of amides is 8. The molecule has 0 aromatic heterocycles. The van der Waals surface area contributed by atoms with Gasteiger partial charge in [0.05, 0.1) is 0 Å². The molecule has 0 N–H and O–H groups in total. The zero-order valence-corrected chi connectivity index (χ0v) is 76.9. The topological polar surface area (TPSA) is 1270 Å². The Hall–Kier alpha value is 4.27. The Morgan fingerprint density at radius 1 is 0.170 bits per heavy atom. The van der Waals surface area contributed by atoms with Crippen molar-refractivity contribution in [1.29, 1.82) is 0 Å². The Morgan fingerprint density at radius 3 is 0.181 bits per heavy atom. The van der Waals surface area contributed by atoms with Gasteiger partial charge in [-0.3, -0.25) is 38.4 Å². The standard InChI is InChI=1S/8C3H7NO.Eu.12Mo.H3O4P.36O/c8*1-4(2)3-5;;;;;;;;;;;;;;1-5(2,3)4;;;;;;;;;;;;;;;;;;;;;;;;;;;;;;;;;;;;/h8*3H,1-2H3;;;;;;;;;;;;;;(H3,1,2,3,4);;;;;;;;;;;;;;;;;;;;;;;;;;;;;;;;;;;;/q;;;;;;;;+3;;;;;;;;;;;;;;36*-2/p-3. The molecule has 0 radical (unpaired) electrons. The first kappa shape index (κ1) is 573. The average molecular weight is 2560 g/mol. The smallest absolute Gasteiger partial charge is 2.00 e. The van der Waals surface area contributed by atoms with Crippen molar-refractivity contribution in [3.8, 4) is 0 Å². The van der Waals surface area contributed by atoms with Crippen LogP contribution >= 0.6 is 7.82 Å². The van der Waals surface area contributed by atoms with E-state index >= 15 is 0 Å². The molecule has 0 aliphatic carbocycles. The molecule has 636 valence electrons. The summed E-state index contributed by atoms with van der Waals surface area (Å²) in [5.74, 6) is 0. The van der Waals surface area contributed by atoms with E-state index in [9.17, 15) is 38.4 Å². The fourth-order valence-electron chi connectivity index (χ4n) is 0. The molecule has 0 aliphatic heterocycles. The number of phosphoric acid groups is 1. The summed E-state index contributed by atoms with van der Waals surface area (Å²) in [7, 11) is 21.6. The normalized spacial score (nSPS) is 3.52. The summed E-state index contributed by atoms with van der Waals surface area (Å²) >= 11 is 0. The van der Waals surface area contributed by atoms with Crippen LogP contribution in [0.3, 0.4) is 0 Å². The summed E-state index contributed by atoms with van der Waals surface area (Å²) in [5, 5.41) is 0. The first-order valence-corrected chi connectivity index (χ1v) is 13.3. The van der Waals surface area contributed by atoms with Crippen LogP contribution in [0.25, 0.3) is 0 Å². The molecular formula is C24H56EuMo12N8O48P-72. The average Bonchev–Trinajstić information content (AvgIpc) is 2.93. The van der Waals surface area contributed by atoms with Crippen LogP contribution in [0.1, 0.15) is 0 Å². The second-order valence-corrected chi connectivity index (χ2v) is 9.89. The van der Waals surface area contributed by atoms with Crippen LogP contribution in [-0.2, 0) is 493 Å². The van der Waals surface area contributed by atoms with Gasteiger partial charge in [0, 0.05) is 366 Å². The third-order valence-corrected chi connectivity index (χ3v) is 1.69. The molecule has 0 aromatic carbocycles. The summed E-state index contributed by atoms with van der Waals surface area (Å²) in [6, 6.07) is 0. The Labute approximate surface area is 757 Å². The Balaban J connectivity index is -0.00000000260. The molecule has 56 nitrogen and oxygen atoms in total. The van der Waals surface area contributed by atoms with Gasteiger partial charge in [-0.1, -0.05) is 0 Å². The van der Waals surface area contributed by atoms with Gasteiger partial charge in [-0.25, -0.2) is 0 Å². The predicted octanol–water partition coefficient (Wildman–Crippen LogP) is -9.50. The molecule has 8 amide bonds. The largest absolute Gasteiger partial charge is 3.00 e. The van der Waals surface area contributed by atoms with Crippen LogP contribution < -0.4 is 14.7 Å². The molecule has 0 unspecified atom stereocenters. The summed E-state index contributed by atoms with van der Waals surface area (Å²) in [6.07, 6.45) is 6.00. The molecular weight excluding hydrogens is 2500 g/mol. The van der Waals surface area contributed by atoms with Crippen molar-refractivity contribution in [3.05, 3.63) is 0 Å². The van der Waals surface area contributed by atoms with Crippen molar-refractivity contribution in [2.75, 3.05) is 113 Å². The molecule has 0 aromatic rings. The van der Waals surface area contributed by atoms with E-state index in [0.717, 1.165) is 51.3 Å². The third kappa shape index (κ3) is 2130. The van der Waals surface area contributed by atoms with Crippen LogP contribution in [0.15, 0.2) is 0 Å². The Bertz CT molecular complexity index is 654. The number of nitrogens with zero attached hydrogens (tertiary/aromatic N) is 8. The minimum atomic E-state index is -5.39. The maximum absolute atomic E-state index is 9.43. The first-order valence-electron chi connectivity index (χ1n) is 11.8. The zero-order valence-electron chi connectivity index (χ0n) is 49.5. The molecule has 0 aliphatic rings. The van der Waals surface area contributed by atoms with Gasteiger partial charge in [0.1, 0.15) is 0 Å².